The number of rotatable bonds is 3. The van der Waals surface area contributed by atoms with E-state index in [1.165, 1.54) is 0 Å². The molecule has 2 aliphatic rings. The van der Waals surface area contributed by atoms with E-state index in [4.69, 9.17) is 5.26 Å². The molecule has 0 saturated carbocycles. The summed E-state index contributed by atoms with van der Waals surface area (Å²) in [5.41, 5.74) is 2.70. The van der Waals surface area contributed by atoms with Gasteiger partial charge in [0.05, 0.1) is 23.5 Å². The quantitative estimate of drug-likeness (QED) is 0.690. The Balaban J connectivity index is 1.31. The van der Waals surface area contributed by atoms with Crippen LogP contribution in [0.5, 0.6) is 0 Å². The van der Waals surface area contributed by atoms with Crippen molar-refractivity contribution < 1.29 is 0 Å². The molecule has 0 spiro atoms. The Labute approximate surface area is 162 Å². The second kappa shape index (κ2) is 7.00. The molecule has 5 rings (SSSR count). The molecule has 0 aliphatic carbocycles. The molecule has 5 heterocycles. The van der Waals surface area contributed by atoms with Gasteiger partial charge in [0.1, 0.15) is 5.52 Å². The zero-order chi connectivity index (χ0) is 18.9. The summed E-state index contributed by atoms with van der Waals surface area (Å²) in [7, 11) is 0. The van der Waals surface area contributed by atoms with Crippen molar-refractivity contribution in [2.75, 3.05) is 36.0 Å². The molecule has 28 heavy (non-hydrogen) atoms. The largest absolute Gasteiger partial charge is 0.355 e. The van der Waals surface area contributed by atoms with Crippen LogP contribution in [0.25, 0.3) is 11.0 Å². The number of nitrogens with zero attached hydrogens (tertiary/aromatic N) is 8. The topological polar surface area (TPSA) is 94.7 Å². The van der Waals surface area contributed by atoms with Gasteiger partial charge in [-0.15, -0.1) is 0 Å². The van der Waals surface area contributed by atoms with Crippen LogP contribution in [0.15, 0.2) is 36.9 Å². The summed E-state index contributed by atoms with van der Waals surface area (Å²) in [6.45, 7) is 3.38. The van der Waals surface area contributed by atoms with Crippen molar-refractivity contribution in [3.05, 3.63) is 42.6 Å². The Hall–Kier alpha value is -3.34. The fourth-order valence-electron chi connectivity index (χ4n) is 3.92. The van der Waals surface area contributed by atoms with Crippen molar-refractivity contribution in [1.29, 1.82) is 5.26 Å². The Morgan fingerprint density at radius 2 is 1.75 bits per heavy atom. The first-order chi connectivity index (χ1) is 13.8. The molecule has 3 aromatic heterocycles. The highest BCUT2D eigenvalue weighted by Gasteiger charge is 2.34. The van der Waals surface area contributed by atoms with Crippen molar-refractivity contribution in [2.45, 2.75) is 18.8 Å². The van der Waals surface area contributed by atoms with Gasteiger partial charge < -0.3 is 9.80 Å². The summed E-state index contributed by atoms with van der Waals surface area (Å²) < 4.78 is 0. The number of fused-ring (bicyclic) bond motifs is 1. The zero-order valence-electron chi connectivity index (χ0n) is 15.4. The SMILES string of the molecule is N#CC1CCN(c2nccnc2C2CN(c3ncc4ncccc4n3)C2)CC1. The van der Waals surface area contributed by atoms with Crippen LogP contribution in [0.2, 0.25) is 0 Å². The maximum atomic E-state index is 9.12. The summed E-state index contributed by atoms with van der Waals surface area (Å²) in [5, 5.41) is 9.12. The second-order valence-corrected chi connectivity index (χ2v) is 7.34. The van der Waals surface area contributed by atoms with Crippen LogP contribution < -0.4 is 9.80 Å². The summed E-state index contributed by atoms with van der Waals surface area (Å²) in [5.74, 6) is 2.17. The second-order valence-electron chi connectivity index (χ2n) is 7.34. The van der Waals surface area contributed by atoms with Crippen molar-refractivity contribution in [3.63, 3.8) is 0 Å². The molecule has 0 N–H and O–H groups in total. The van der Waals surface area contributed by atoms with Crippen molar-refractivity contribution in [3.8, 4) is 6.07 Å². The van der Waals surface area contributed by atoms with Gasteiger partial charge in [0.2, 0.25) is 5.95 Å². The first-order valence-corrected chi connectivity index (χ1v) is 9.60. The lowest BCUT2D eigenvalue weighted by molar-refractivity contribution is 0.472. The molecule has 2 aliphatic heterocycles. The molecular formula is C20H20N8. The highest BCUT2D eigenvalue weighted by atomic mass is 15.3. The smallest absolute Gasteiger partial charge is 0.226 e. The fourth-order valence-corrected chi connectivity index (χ4v) is 3.92. The lowest BCUT2D eigenvalue weighted by Crippen LogP contribution is -2.47. The van der Waals surface area contributed by atoms with Gasteiger partial charge in [-0.2, -0.15) is 5.26 Å². The van der Waals surface area contributed by atoms with Crippen LogP contribution in [0, 0.1) is 17.2 Å². The predicted molar refractivity (Wildman–Crippen MR) is 105 cm³/mol. The minimum Gasteiger partial charge on any atom is -0.355 e. The molecule has 2 saturated heterocycles. The van der Waals surface area contributed by atoms with E-state index in [2.05, 4.69) is 40.8 Å². The molecular weight excluding hydrogens is 352 g/mol. The molecule has 0 unspecified atom stereocenters. The van der Waals surface area contributed by atoms with Crippen LogP contribution in [0.3, 0.4) is 0 Å². The summed E-state index contributed by atoms with van der Waals surface area (Å²) >= 11 is 0. The summed E-state index contributed by atoms with van der Waals surface area (Å²) in [6.07, 6.45) is 8.83. The first-order valence-electron chi connectivity index (χ1n) is 9.60. The first kappa shape index (κ1) is 16.8. The predicted octanol–water partition coefficient (Wildman–Crippen LogP) is 2.16. The van der Waals surface area contributed by atoms with E-state index in [0.29, 0.717) is 5.92 Å². The van der Waals surface area contributed by atoms with E-state index in [0.717, 1.165) is 67.5 Å². The lowest BCUT2D eigenvalue weighted by atomic mass is 9.94. The van der Waals surface area contributed by atoms with Crippen LogP contribution >= 0.6 is 0 Å². The average molecular weight is 372 g/mol. The maximum Gasteiger partial charge on any atom is 0.226 e. The monoisotopic (exact) mass is 372 g/mol. The van der Waals surface area contributed by atoms with Crippen LogP contribution in [-0.2, 0) is 0 Å². The number of piperidine rings is 1. The third-order valence-electron chi connectivity index (χ3n) is 5.57. The van der Waals surface area contributed by atoms with Gasteiger partial charge >= 0.3 is 0 Å². The lowest BCUT2D eigenvalue weighted by Gasteiger charge is -2.40. The van der Waals surface area contributed by atoms with Gasteiger partial charge in [-0.1, -0.05) is 0 Å². The Morgan fingerprint density at radius 3 is 2.57 bits per heavy atom. The van der Waals surface area contributed by atoms with Crippen molar-refractivity contribution >= 4 is 22.8 Å². The van der Waals surface area contributed by atoms with Crippen LogP contribution in [-0.4, -0.2) is 51.1 Å². The van der Waals surface area contributed by atoms with Crippen molar-refractivity contribution in [1.82, 2.24) is 24.9 Å². The number of hydrogen-bond donors (Lipinski definition) is 0. The van der Waals surface area contributed by atoms with E-state index in [1.54, 1.807) is 24.8 Å². The molecule has 8 heteroatoms. The number of pyridine rings is 1. The molecule has 2 fully saturated rings. The van der Waals surface area contributed by atoms with Gasteiger partial charge in [0.15, 0.2) is 5.82 Å². The van der Waals surface area contributed by atoms with Crippen LogP contribution in [0.1, 0.15) is 24.5 Å². The van der Waals surface area contributed by atoms with Crippen molar-refractivity contribution in [2.24, 2.45) is 5.92 Å². The molecule has 0 amide bonds. The summed E-state index contributed by atoms with van der Waals surface area (Å²) in [4.78, 5) is 27.1. The number of nitriles is 1. The standard InChI is InChI=1S/C20H20N8/c21-10-14-3-8-27(9-4-14)19-18(23-6-7-24-19)15-12-28(13-15)20-25-11-17-16(26-20)2-1-5-22-17/h1-2,5-7,11,14-15H,3-4,8-9,12-13H2. The third-order valence-corrected chi connectivity index (χ3v) is 5.57. The number of hydrogen-bond acceptors (Lipinski definition) is 8. The maximum absolute atomic E-state index is 9.12. The highest BCUT2D eigenvalue weighted by molar-refractivity contribution is 5.74. The third kappa shape index (κ3) is 2.99. The molecule has 0 radical (unpaired) electrons. The fraction of sp³-hybridized carbons (Fsp3) is 0.400. The van der Waals surface area contributed by atoms with E-state index in [-0.39, 0.29) is 5.92 Å². The Bertz CT molecular complexity index is 1030. The zero-order valence-corrected chi connectivity index (χ0v) is 15.4. The molecule has 0 bridgehead atoms. The molecule has 0 atom stereocenters. The van der Waals surface area contributed by atoms with E-state index in [9.17, 15) is 0 Å². The van der Waals surface area contributed by atoms with Gasteiger partial charge in [0, 0.05) is 56.6 Å². The van der Waals surface area contributed by atoms with Crippen LogP contribution in [0.4, 0.5) is 11.8 Å². The molecule has 0 aromatic carbocycles. The Kier molecular flexibility index (Phi) is 4.20. The average Bonchev–Trinajstić information content (AvgIpc) is 2.73. The number of aromatic nitrogens is 5. The van der Waals surface area contributed by atoms with Gasteiger partial charge in [-0.05, 0) is 25.0 Å². The van der Waals surface area contributed by atoms with Gasteiger partial charge in [-0.25, -0.2) is 15.0 Å². The molecule has 3 aromatic rings. The van der Waals surface area contributed by atoms with E-state index >= 15 is 0 Å². The van der Waals surface area contributed by atoms with Gasteiger partial charge in [0.25, 0.3) is 0 Å². The molecule has 140 valence electrons. The highest BCUT2D eigenvalue weighted by Crippen LogP contribution is 2.34. The number of anilines is 2. The van der Waals surface area contributed by atoms with E-state index in [1.807, 2.05) is 12.1 Å². The van der Waals surface area contributed by atoms with Gasteiger partial charge in [-0.3, -0.25) is 9.97 Å². The summed E-state index contributed by atoms with van der Waals surface area (Å²) in [6, 6.07) is 6.23. The molecule has 8 nitrogen and oxygen atoms in total. The Morgan fingerprint density at radius 1 is 0.929 bits per heavy atom. The normalized spacial score (nSPS) is 18.1. The van der Waals surface area contributed by atoms with E-state index < -0.39 is 0 Å². The minimum atomic E-state index is 0.162. The minimum absolute atomic E-state index is 0.162.